The Bertz CT molecular complexity index is 328. The predicted octanol–water partition coefficient (Wildman–Crippen LogP) is 5.31. The van der Waals surface area contributed by atoms with Crippen LogP contribution in [-0.4, -0.2) is 22.3 Å². The van der Waals surface area contributed by atoms with E-state index in [2.05, 4.69) is 18.8 Å². The molecule has 23 heavy (non-hydrogen) atoms. The van der Waals surface area contributed by atoms with Crippen molar-refractivity contribution in [3.05, 3.63) is 0 Å². The lowest BCUT2D eigenvalue weighted by Crippen LogP contribution is -2.06. The van der Waals surface area contributed by atoms with Crippen LogP contribution in [0.15, 0.2) is 0 Å². The number of hydrogen-bond acceptors (Lipinski definition) is 2. The van der Waals surface area contributed by atoms with Gasteiger partial charge in [-0.15, -0.1) is 11.8 Å². The number of carboxylic acid groups (broad SMARTS) is 1. The van der Waals surface area contributed by atoms with E-state index in [1.54, 1.807) is 0 Å². The molecule has 0 fully saturated rings. The molecular weight excluding hydrogens is 288 g/mol. The topological polar surface area (TPSA) is 57.5 Å². The maximum atomic E-state index is 10.4. The van der Waals surface area contributed by atoms with E-state index in [0.29, 0.717) is 19.3 Å². The van der Waals surface area contributed by atoms with Crippen molar-refractivity contribution in [3.63, 3.8) is 0 Å². The van der Waals surface area contributed by atoms with E-state index in [1.165, 1.54) is 57.8 Å². The van der Waals surface area contributed by atoms with E-state index in [1.807, 2.05) is 0 Å². The minimum absolute atomic E-state index is 0.128. The molecule has 0 aliphatic heterocycles. The fourth-order valence-electron chi connectivity index (χ4n) is 2.57. The Kier molecular flexibility index (Phi) is 16.6. The highest BCUT2D eigenvalue weighted by Gasteiger charge is 2.03. The van der Waals surface area contributed by atoms with Crippen molar-refractivity contribution in [2.24, 2.45) is 0 Å². The minimum atomic E-state index is -0.802. The van der Waals surface area contributed by atoms with Crippen LogP contribution >= 0.6 is 0 Å². The Morgan fingerprint density at radius 1 is 0.870 bits per heavy atom. The zero-order valence-electron chi connectivity index (χ0n) is 15.0. The van der Waals surface area contributed by atoms with E-state index < -0.39 is 12.1 Å². The van der Waals surface area contributed by atoms with Crippen molar-refractivity contribution < 1.29 is 15.0 Å². The van der Waals surface area contributed by atoms with Gasteiger partial charge in [0.05, 0.1) is 6.10 Å². The van der Waals surface area contributed by atoms with Crippen molar-refractivity contribution in [2.75, 3.05) is 0 Å². The highest BCUT2D eigenvalue weighted by molar-refractivity contribution is 5.66. The number of hydrogen-bond donors (Lipinski definition) is 2. The summed E-state index contributed by atoms with van der Waals surface area (Å²) < 4.78 is 0. The Morgan fingerprint density at radius 2 is 1.43 bits per heavy atom. The van der Waals surface area contributed by atoms with Crippen molar-refractivity contribution in [3.8, 4) is 11.8 Å². The first-order chi connectivity index (χ1) is 11.2. The van der Waals surface area contributed by atoms with Gasteiger partial charge >= 0.3 is 5.97 Å². The molecule has 0 aromatic heterocycles. The second-order valence-corrected chi connectivity index (χ2v) is 6.43. The lowest BCUT2D eigenvalue weighted by molar-refractivity contribution is -0.137. The summed E-state index contributed by atoms with van der Waals surface area (Å²) in [4.78, 5) is 10.4. The highest BCUT2D eigenvalue weighted by atomic mass is 16.4. The standard InChI is InChI=1S/C20H36O3/c1-2-3-4-5-6-7-8-9-10-11-12-13-14-16-19(21)17-15-18-20(22)23/h19,21H,2-12,15-18H2,1H3,(H,22,23)/t19-/m1/s1. The van der Waals surface area contributed by atoms with E-state index in [0.717, 1.165) is 12.8 Å². The average Bonchev–Trinajstić information content (AvgIpc) is 2.51. The van der Waals surface area contributed by atoms with E-state index in [9.17, 15) is 9.90 Å². The van der Waals surface area contributed by atoms with Gasteiger partial charge in [-0.3, -0.25) is 4.79 Å². The number of rotatable bonds is 15. The van der Waals surface area contributed by atoms with Crippen LogP contribution in [0, 0.1) is 11.8 Å². The number of aliphatic hydroxyl groups excluding tert-OH is 1. The van der Waals surface area contributed by atoms with Crippen LogP contribution in [0.2, 0.25) is 0 Å². The van der Waals surface area contributed by atoms with Crippen LogP contribution < -0.4 is 0 Å². The van der Waals surface area contributed by atoms with Crippen LogP contribution in [-0.2, 0) is 4.79 Å². The summed E-state index contributed by atoms with van der Waals surface area (Å²) in [5.41, 5.74) is 0. The number of aliphatic carboxylic acids is 1. The molecule has 1 atom stereocenters. The molecule has 134 valence electrons. The molecule has 0 aromatic carbocycles. The molecule has 2 N–H and O–H groups in total. The summed E-state index contributed by atoms with van der Waals surface area (Å²) >= 11 is 0. The number of carbonyl (C=O) groups is 1. The lowest BCUT2D eigenvalue weighted by Gasteiger charge is -2.04. The second kappa shape index (κ2) is 17.3. The molecule has 0 spiro atoms. The highest BCUT2D eigenvalue weighted by Crippen LogP contribution is 2.11. The Balaban J connectivity index is 3.27. The molecular formula is C20H36O3. The Labute approximate surface area is 142 Å². The van der Waals surface area contributed by atoms with Crippen LogP contribution in [0.1, 0.15) is 103 Å². The van der Waals surface area contributed by atoms with Gasteiger partial charge in [-0.05, 0) is 19.3 Å². The van der Waals surface area contributed by atoms with E-state index in [4.69, 9.17) is 5.11 Å². The van der Waals surface area contributed by atoms with E-state index in [-0.39, 0.29) is 6.42 Å². The van der Waals surface area contributed by atoms with Crippen LogP contribution in [0.3, 0.4) is 0 Å². The molecule has 0 amide bonds. The molecule has 3 heteroatoms. The monoisotopic (exact) mass is 324 g/mol. The smallest absolute Gasteiger partial charge is 0.303 e. The lowest BCUT2D eigenvalue weighted by atomic mass is 10.1. The summed E-state index contributed by atoms with van der Waals surface area (Å²) in [7, 11) is 0. The Hall–Kier alpha value is -1.01. The molecule has 0 unspecified atom stereocenters. The van der Waals surface area contributed by atoms with Gasteiger partial charge in [-0.1, -0.05) is 64.7 Å². The third kappa shape index (κ3) is 18.9. The normalized spacial score (nSPS) is 11.7. The average molecular weight is 325 g/mol. The number of unbranched alkanes of at least 4 members (excludes halogenated alkanes) is 10. The van der Waals surface area contributed by atoms with E-state index >= 15 is 0 Å². The van der Waals surface area contributed by atoms with Crippen LogP contribution in [0.25, 0.3) is 0 Å². The van der Waals surface area contributed by atoms with Gasteiger partial charge in [0.1, 0.15) is 0 Å². The zero-order chi connectivity index (χ0) is 17.2. The molecule has 0 aliphatic carbocycles. The predicted molar refractivity (Wildman–Crippen MR) is 96.3 cm³/mol. The Morgan fingerprint density at radius 3 is 2.00 bits per heavy atom. The SMILES string of the molecule is CCCCCCCCCCCCC#CC[C@@H](O)CCCC(=O)O. The van der Waals surface area contributed by atoms with Crippen molar-refractivity contribution in [1.29, 1.82) is 0 Å². The molecule has 0 radical (unpaired) electrons. The largest absolute Gasteiger partial charge is 0.481 e. The van der Waals surface area contributed by atoms with Gasteiger partial charge in [0.2, 0.25) is 0 Å². The maximum Gasteiger partial charge on any atom is 0.303 e. The summed E-state index contributed by atoms with van der Waals surface area (Å²) in [6.07, 6.45) is 15.4. The molecule has 0 aromatic rings. The molecule has 0 saturated heterocycles. The third-order valence-corrected chi connectivity index (χ3v) is 4.05. The van der Waals surface area contributed by atoms with Crippen LogP contribution in [0.4, 0.5) is 0 Å². The van der Waals surface area contributed by atoms with Gasteiger partial charge in [-0.2, -0.15) is 0 Å². The fraction of sp³-hybridized carbons (Fsp3) is 0.850. The maximum absolute atomic E-state index is 10.4. The van der Waals surface area contributed by atoms with Crippen molar-refractivity contribution >= 4 is 5.97 Å². The van der Waals surface area contributed by atoms with Gasteiger partial charge in [-0.25, -0.2) is 0 Å². The van der Waals surface area contributed by atoms with Gasteiger partial charge in [0.15, 0.2) is 0 Å². The summed E-state index contributed by atoms with van der Waals surface area (Å²) in [6.45, 7) is 2.25. The molecule has 0 rings (SSSR count). The molecule has 0 bridgehead atoms. The summed E-state index contributed by atoms with van der Waals surface area (Å²) in [5, 5.41) is 18.2. The number of carboxylic acids is 1. The van der Waals surface area contributed by atoms with Crippen molar-refractivity contribution in [1.82, 2.24) is 0 Å². The molecule has 0 heterocycles. The summed E-state index contributed by atoms with van der Waals surface area (Å²) in [6, 6.07) is 0. The van der Waals surface area contributed by atoms with Gasteiger partial charge < -0.3 is 10.2 Å². The zero-order valence-corrected chi connectivity index (χ0v) is 15.0. The third-order valence-electron chi connectivity index (χ3n) is 4.05. The molecule has 0 aliphatic rings. The van der Waals surface area contributed by atoms with Crippen molar-refractivity contribution in [2.45, 2.75) is 109 Å². The van der Waals surface area contributed by atoms with Crippen LogP contribution in [0.5, 0.6) is 0 Å². The second-order valence-electron chi connectivity index (χ2n) is 6.43. The fourth-order valence-corrected chi connectivity index (χ4v) is 2.57. The van der Waals surface area contributed by atoms with Gasteiger partial charge in [0.25, 0.3) is 0 Å². The minimum Gasteiger partial charge on any atom is -0.481 e. The first-order valence-corrected chi connectivity index (χ1v) is 9.52. The van der Waals surface area contributed by atoms with Gasteiger partial charge in [0, 0.05) is 19.3 Å². The first-order valence-electron chi connectivity index (χ1n) is 9.52. The number of aliphatic hydroxyl groups is 1. The molecule has 0 saturated carbocycles. The quantitative estimate of drug-likeness (QED) is 0.317. The summed E-state index contributed by atoms with van der Waals surface area (Å²) in [5.74, 6) is 5.32. The first kappa shape index (κ1) is 22.0. The molecule has 3 nitrogen and oxygen atoms in total.